The van der Waals surface area contributed by atoms with Gasteiger partial charge in [0.1, 0.15) is 11.9 Å². The highest BCUT2D eigenvalue weighted by molar-refractivity contribution is 6.04. The molecule has 1 aromatic carbocycles. The largest absolute Gasteiger partial charge is 0.480 e. The van der Waals surface area contributed by atoms with Crippen molar-refractivity contribution >= 4 is 17.6 Å². The van der Waals surface area contributed by atoms with Crippen molar-refractivity contribution in [2.75, 3.05) is 0 Å². The lowest BCUT2D eigenvalue weighted by Crippen LogP contribution is -2.46. The molecule has 23 heavy (non-hydrogen) atoms. The SMILES string of the molecule is CC(C)C[C@H](NC(=O)C1CC(c2cccc(F)c2)=NO1)C(=O)O. The van der Waals surface area contributed by atoms with Crippen LogP contribution in [0.1, 0.15) is 32.3 Å². The lowest BCUT2D eigenvalue weighted by Gasteiger charge is -2.18. The highest BCUT2D eigenvalue weighted by Gasteiger charge is 2.32. The Hall–Kier alpha value is -2.44. The van der Waals surface area contributed by atoms with E-state index in [1.807, 2.05) is 13.8 Å². The first-order chi connectivity index (χ1) is 10.9. The van der Waals surface area contributed by atoms with Gasteiger partial charge in [-0.15, -0.1) is 0 Å². The van der Waals surface area contributed by atoms with Gasteiger partial charge in [-0.2, -0.15) is 0 Å². The van der Waals surface area contributed by atoms with Crippen LogP contribution in [-0.2, 0) is 14.4 Å². The van der Waals surface area contributed by atoms with Crippen molar-refractivity contribution in [1.29, 1.82) is 0 Å². The summed E-state index contributed by atoms with van der Waals surface area (Å²) in [5, 5.41) is 15.4. The van der Waals surface area contributed by atoms with E-state index in [9.17, 15) is 14.0 Å². The highest BCUT2D eigenvalue weighted by atomic mass is 19.1. The number of carbonyl (C=O) groups excluding carboxylic acids is 1. The molecule has 2 atom stereocenters. The van der Waals surface area contributed by atoms with Gasteiger partial charge in [-0.05, 0) is 24.5 Å². The molecule has 1 heterocycles. The van der Waals surface area contributed by atoms with E-state index in [1.165, 1.54) is 12.1 Å². The number of carboxylic acid groups (broad SMARTS) is 1. The summed E-state index contributed by atoms with van der Waals surface area (Å²) >= 11 is 0. The normalized spacial score (nSPS) is 18.3. The molecule has 124 valence electrons. The number of hydrogen-bond donors (Lipinski definition) is 2. The van der Waals surface area contributed by atoms with Gasteiger partial charge in [0.15, 0.2) is 0 Å². The van der Waals surface area contributed by atoms with E-state index < -0.39 is 29.8 Å². The molecule has 0 bridgehead atoms. The molecule has 1 aliphatic heterocycles. The molecule has 0 aromatic heterocycles. The summed E-state index contributed by atoms with van der Waals surface area (Å²) in [5.41, 5.74) is 0.998. The number of carbonyl (C=O) groups is 2. The van der Waals surface area contributed by atoms with Gasteiger partial charge in [-0.25, -0.2) is 9.18 Å². The minimum Gasteiger partial charge on any atom is -0.480 e. The van der Waals surface area contributed by atoms with Crippen LogP contribution in [0.4, 0.5) is 4.39 Å². The Bertz CT molecular complexity index is 630. The molecule has 0 spiro atoms. The Morgan fingerprint density at radius 3 is 2.83 bits per heavy atom. The van der Waals surface area contributed by atoms with Gasteiger partial charge in [0, 0.05) is 12.0 Å². The summed E-state index contributed by atoms with van der Waals surface area (Å²) in [5.74, 6) is -1.90. The van der Waals surface area contributed by atoms with Gasteiger partial charge in [0.05, 0.1) is 5.71 Å². The number of aliphatic carboxylic acids is 1. The van der Waals surface area contributed by atoms with Crippen LogP contribution in [0.25, 0.3) is 0 Å². The van der Waals surface area contributed by atoms with Crippen LogP contribution in [-0.4, -0.2) is 34.8 Å². The number of benzene rings is 1. The van der Waals surface area contributed by atoms with Gasteiger partial charge < -0.3 is 15.3 Å². The van der Waals surface area contributed by atoms with Crippen LogP contribution >= 0.6 is 0 Å². The number of nitrogens with zero attached hydrogens (tertiary/aromatic N) is 1. The van der Waals surface area contributed by atoms with E-state index in [4.69, 9.17) is 9.94 Å². The summed E-state index contributed by atoms with van der Waals surface area (Å²) in [6.45, 7) is 3.75. The third-order valence-electron chi connectivity index (χ3n) is 3.44. The standard InChI is InChI=1S/C16H19FN2O4/c1-9(2)6-13(16(21)22)18-15(20)14-8-12(19-23-14)10-4-3-5-11(17)7-10/h3-5,7,9,13-14H,6,8H2,1-2H3,(H,18,20)(H,21,22)/t13-,14?/m0/s1. The topological polar surface area (TPSA) is 88.0 Å². The molecule has 0 saturated heterocycles. The second-order valence-electron chi connectivity index (χ2n) is 5.88. The van der Waals surface area contributed by atoms with Crippen LogP contribution in [0.15, 0.2) is 29.4 Å². The summed E-state index contributed by atoms with van der Waals surface area (Å²) in [7, 11) is 0. The molecule has 1 unspecified atom stereocenters. The predicted molar refractivity (Wildman–Crippen MR) is 81.4 cm³/mol. The maximum atomic E-state index is 13.2. The fraction of sp³-hybridized carbons (Fsp3) is 0.438. The average molecular weight is 322 g/mol. The van der Waals surface area contributed by atoms with Crippen molar-refractivity contribution in [3.8, 4) is 0 Å². The second-order valence-corrected chi connectivity index (χ2v) is 5.88. The summed E-state index contributed by atoms with van der Waals surface area (Å²) in [6.07, 6.45) is -0.406. The number of carboxylic acids is 1. The maximum Gasteiger partial charge on any atom is 0.326 e. The Kier molecular flexibility index (Phi) is 5.31. The van der Waals surface area contributed by atoms with Gasteiger partial charge in [-0.3, -0.25) is 4.79 Å². The first-order valence-electron chi connectivity index (χ1n) is 7.38. The van der Waals surface area contributed by atoms with Crippen molar-refractivity contribution < 1.29 is 23.9 Å². The van der Waals surface area contributed by atoms with Crippen LogP contribution in [0.2, 0.25) is 0 Å². The van der Waals surface area contributed by atoms with E-state index in [2.05, 4.69) is 10.5 Å². The molecule has 0 fully saturated rings. The number of nitrogens with one attached hydrogen (secondary N) is 1. The monoisotopic (exact) mass is 322 g/mol. The van der Waals surface area contributed by atoms with Gasteiger partial charge in [0.2, 0.25) is 6.10 Å². The van der Waals surface area contributed by atoms with Crippen molar-refractivity contribution in [2.24, 2.45) is 11.1 Å². The first-order valence-corrected chi connectivity index (χ1v) is 7.38. The zero-order valence-electron chi connectivity index (χ0n) is 13.0. The number of amides is 1. The lowest BCUT2D eigenvalue weighted by atomic mass is 10.0. The molecule has 0 aliphatic carbocycles. The van der Waals surface area contributed by atoms with Crippen molar-refractivity contribution in [3.63, 3.8) is 0 Å². The van der Waals surface area contributed by atoms with E-state index in [-0.39, 0.29) is 12.3 Å². The van der Waals surface area contributed by atoms with Crippen LogP contribution in [0.5, 0.6) is 0 Å². The third-order valence-corrected chi connectivity index (χ3v) is 3.44. The fourth-order valence-electron chi connectivity index (χ4n) is 2.31. The quantitative estimate of drug-likeness (QED) is 0.838. The van der Waals surface area contributed by atoms with Crippen LogP contribution in [0, 0.1) is 11.7 Å². The number of oxime groups is 1. The number of rotatable bonds is 6. The van der Waals surface area contributed by atoms with E-state index >= 15 is 0 Å². The molecular formula is C16H19FN2O4. The van der Waals surface area contributed by atoms with Gasteiger partial charge >= 0.3 is 5.97 Å². The van der Waals surface area contributed by atoms with Crippen LogP contribution in [0.3, 0.4) is 0 Å². The zero-order chi connectivity index (χ0) is 17.0. The fourth-order valence-corrected chi connectivity index (χ4v) is 2.31. The summed E-state index contributed by atoms with van der Waals surface area (Å²) in [6, 6.07) is 4.87. The molecule has 7 heteroatoms. The summed E-state index contributed by atoms with van der Waals surface area (Å²) in [4.78, 5) is 28.4. The Labute approximate surface area is 133 Å². The van der Waals surface area contributed by atoms with E-state index in [0.29, 0.717) is 17.7 Å². The molecule has 2 N–H and O–H groups in total. The molecule has 1 amide bonds. The molecule has 2 rings (SSSR count). The molecule has 0 saturated carbocycles. The van der Waals surface area contributed by atoms with Crippen molar-refractivity contribution in [2.45, 2.75) is 38.8 Å². The minimum atomic E-state index is -1.09. The predicted octanol–water partition coefficient (Wildman–Crippen LogP) is 1.93. The highest BCUT2D eigenvalue weighted by Crippen LogP contribution is 2.18. The number of hydrogen-bond acceptors (Lipinski definition) is 4. The maximum absolute atomic E-state index is 13.2. The Balaban J connectivity index is 1.97. The average Bonchev–Trinajstić information content (AvgIpc) is 2.95. The third kappa shape index (κ3) is 4.51. The summed E-state index contributed by atoms with van der Waals surface area (Å²) < 4.78 is 13.2. The van der Waals surface area contributed by atoms with Crippen LogP contribution < -0.4 is 5.32 Å². The van der Waals surface area contributed by atoms with E-state index in [1.54, 1.807) is 12.1 Å². The lowest BCUT2D eigenvalue weighted by molar-refractivity contribution is -0.144. The molecule has 1 aliphatic rings. The molecular weight excluding hydrogens is 303 g/mol. The molecule has 6 nitrogen and oxygen atoms in total. The Morgan fingerprint density at radius 2 is 2.22 bits per heavy atom. The van der Waals surface area contributed by atoms with Crippen molar-refractivity contribution in [1.82, 2.24) is 5.32 Å². The minimum absolute atomic E-state index is 0.125. The Morgan fingerprint density at radius 1 is 1.48 bits per heavy atom. The van der Waals surface area contributed by atoms with E-state index in [0.717, 1.165) is 0 Å². The first kappa shape index (κ1) is 16.9. The molecule has 0 radical (unpaired) electrons. The second kappa shape index (κ2) is 7.21. The van der Waals surface area contributed by atoms with Crippen molar-refractivity contribution in [3.05, 3.63) is 35.6 Å². The smallest absolute Gasteiger partial charge is 0.326 e. The number of halogens is 1. The van der Waals surface area contributed by atoms with Gasteiger partial charge in [0.25, 0.3) is 5.91 Å². The van der Waals surface area contributed by atoms with Gasteiger partial charge in [-0.1, -0.05) is 31.1 Å². The zero-order valence-corrected chi connectivity index (χ0v) is 13.0. The molecule has 1 aromatic rings.